The van der Waals surface area contributed by atoms with Gasteiger partial charge in [-0.1, -0.05) is 50.2 Å². The Morgan fingerprint density at radius 1 is 1.10 bits per heavy atom. The first-order valence-electron chi connectivity index (χ1n) is 9.12. The monoisotopic (exact) mass is 418 g/mol. The lowest BCUT2D eigenvalue weighted by Crippen LogP contribution is -2.14. The van der Waals surface area contributed by atoms with E-state index in [4.69, 9.17) is 10.3 Å². The van der Waals surface area contributed by atoms with Gasteiger partial charge in [-0.25, -0.2) is 4.98 Å². The Hall–Kier alpha value is -3.36. The Bertz CT molecular complexity index is 1050. The molecule has 0 saturated heterocycles. The molecule has 3 aromatic rings. The topological polar surface area (TPSA) is 94.0 Å². The smallest absolute Gasteiger partial charge is 0.383 e. The minimum atomic E-state index is -4.58. The van der Waals surface area contributed by atoms with Crippen molar-refractivity contribution in [3.05, 3.63) is 59.5 Å². The normalized spacial score (nSPS) is 12.1. The molecule has 0 saturated carbocycles. The Morgan fingerprint density at radius 2 is 1.77 bits per heavy atom. The number of halogens is 3. The number of benzene rings is 1. The summed E-state index contributed by atoms with van der Waals surface area (Å²) in [5, 5.41) is 6.50. The summed E-state index contributed by atoms with van der Waals surface area (Å²) in [6.45, 7) is 5.90. The zero-order chi connectivity index (χ0) is 22.1. The zero-order valence-corrected chi connectivity index (χ0v) is 16.7. The number of rotatable bonds is 4. The van der Waals surface area contributed by atoms with Gasteiger partial charge in [0.05, 0.1) is 12.0 Å². The zero-order valence-electron chi connectivity index (χ0n) is 16.7. The number of hydrogen-bond acceptors (Lipinski definition) is 5. The third-order valence-corrected chi connectivity index (χ3v) is 4.39. The Kier molecular flexibility index (Phi) is 5.56. The van der Waals surface area contributed by atoms with Gasteiger partial charge in [0.2, 0.25) is 5.91 Å². The van der Waals surface area contributed by atoms with E-state index >= 15 is 0 Å². The number of hydrogen-bond donors (Lipinski definition) is 2. The van der Waals surface area contributed by atoms with Crippen LogP contribution in [0.1, 0.15) is 37.7 Å². The molecule has 9 heteroatoms. The molecule has 0 aliphatic rings. The van der Waals surface area contributed by atoms with Gasteiger partial charge in [0.15, 0.2) is 5.82 Å². The van der Waals surface area contributed by atoms with Crippen LogP contribution in [0.5, 0.6) is 0 Å². The number of pyridine rings is 1. The molecule has 2 aromatic heterocycles. The van der Waals surface area contributed by atoms with Gasteiger partial charge in [-0.15, -0.1) is 0 Å². The molecule has 0 aliphatic carbocycles. The minimum Gasteiger partial charge on any atom is -0.383 e. The number of carbonyl (C=O) groups is 1. The lowest BCUT2D eigenvalue weighted by atomic mass is 9.93. The molecule has 0 bridgehead atoms. The molecule has 1 aromatic carbocycles. The highest BCUT2D eigenvalue weighted by Crippen LogP contribution is 2.35. The van der Waals surface area contributed by atoms with Gasteiger partial charge < -0.3 is 15.6 Å². The van der Waals surface area contributed by atoms with Crippen LogP contribution in [0, 0.1) is 0 Å². The van der Waals surface area contributed by atoms with E-state index in [2.05, 4.69) is 15.5 Å². The molecule has 0 atom stereocenters. The van der Waals surface area contributed by atoms with Gasteiger partial charge in [-0.3, -0.25) is 4.79 Å². The van der Waals surface area contributed by atoms with E-state index in [1.165, 1.54) is 6.20 Å². The molecule has 0 spiro atoms. The van der Waals surface area contributed by atoms with E-state index in [-0.39, 0.29) is 23.3 Å². The summed E-state index contributed by atoms with van der Waals surface area (Å²) in [5.41, 5.74) is 5.63. The second-order valence-electron chi connectivity index (χ2n) is 7.90. The van der Waals surface area contributed by atoms with Gasteiger partial charge >= 0.3 is 6.18 Å². The van der Waals surface area contributed by atoms with Crippen LogP contribution in [0.4, 0.5) is 24.8 Å². The quantitative estimate of drug-likeness (QED) is 0.634. The predicted molar refractivity (Wildman–Crippen MR) is 107 cm³/mol. The van der Waals surface area contributed by atoms with Crippen molar-refractivity contribution in [3.8, 4) is 11.1 Å². The number of amides is 1. The number of anilines is 2. The fourth-order valence-electron chi connectivity index (χ4n) is 2.74. The average Bonchev–Trinajstić information content (AvgIpc) is 3.10. The van der Waals surface area contributed by atoms with Crippen molar-refractivity contribution >= 4 is 17.5 Å². The molecular weight excluding hydrogens is 397 g/mol. The number of nitrogen functional groups attached to an aromatic ring is 1. The molecule has 0 fully saturated rings. The van der Waals surface area contributed by atoms with E-state index in [0.29, 0.717) is 22.7 Å². The molecular formula is C21H21F3N4O2. The van der Waals surface area contributed by atoms with E-state index in [0.717, 1.165) is 6.07 Å². The lowest BCUT2D eigenvalue weighted by molar-refractivity contribution is -0.137. The van der Waals surface area contributed by atoms with Crippen LogP contribution in [-0.4, -0.2) is 16.0 Å². The molecule has 30 heavy (non-hydrogen) atoms. The number of nitrogens with zero attached hydrogens (tertiary/aromatic N) is 2. The Balaban J connectivity index is 1.69. The molecule has 3 rings (SSSR count). The van der Waals surface area contributed by atoms with E-state index < -0.39 is 17.6 Å². The second kappa shape index (κ2) is 7.81. The maximum atomic E-state index is 13.0. The van der Waals surface area contributed by atoms with Gasteiger partial charge in [-0.05, 0) is 17.2 Å². The minimum absolute atomic E-state index is 0.0752. The summed E-state index contributed by atoms with van der Waals surface area (Å²) >= 11 is 0. The van der Waals surface area contributed by atoms with Crippen LogP contribution in [-0.2, 0) is 22.8 Å². The second-order valence-corrected chi connectivity index (χ2v) is 7.90. The fraction of sp³-hybridized carbons (Fsp3) is 0.286. The number of alkyl halides is 3. The van der Waals surface area contributed by atoms with Crippen LogP contribution in [0.25, 0.3) is 11.1 Å². The summed E-state index contributed by atoms with van der Waals surface area (Å²) in [7, 11) is 0. The van der Waals surface area contributed by atoms with Gasteiger partial charge in [-0.2, -0.15) is 13.2 Å². The number of aromatic nitrogens is 2. The molecule has 6 nitrogen and oxygen atoms in total. The summed E-state index contributed by atoms with van der Waals surface area (Å²) < 4.78 is 44.3. The van der Waals surface area contributed by atoms with Gasteiger partial charge in [0.1, 0.15) is 11.6 Å². The van der Waals surface area contributed by atoms with Gasteiger partial charge in [0.25, 0.3) is 0 Å². The van der Waals surface area contributed by atoms with Crippen molar-refractivity contribution < 1.29 is 22.5 Å². The predicted octanol–water partition coefficient (Wildman–Crippen LogP) is 4.82. The standard InChI is InChI=1S/C21H21F3N4O2/c1-20(2,3)16-10-17(28-30-16)27-18(29)8-12-4-6-13(7-5-12)14-9-15(21(22,23)24)19(25)26-11-14/h4-7,9-11H,8H2,1-3H3,(H2,25,26)(H,27,28,29). The number of nitrogens with one attached hydrogen (secondary N) is 1. The highest BCUT2D eigenvalue weighted by molar-refractivity contribution is 5.91. The molecule has 0 radical (unpaired) electrons. The van der Waals surface area contributed by atoms with Crippen molar-refractivity contribution in [2.45, 2.75) is 38.8 Å². The first kappa shape index (κ1) is 21.4. The largest absolute Gasteiger partial charge is 0.419 e. The molecule has 158 valence electrons. The summed E-state index contributed by atoms with van der Waals surface area (Å²) in [5.74, 6) is 0.124. The van der Waals surface area contributed by atoms with Gasteiger partial charge in [0, 0.05) is 23.2 Å². The third kappa shape index (κ3) is 4.97. The van der Waals surface area contributed by atoms with Crippen molar-refractivity contribution in [3.63, 3.8) is 0 Å². The number of carbonyl (C=O) groups excluding carboxylic acids is 1. The first-order valence-corrected chi connectivity index (χ1v) is 9.12. The van der Waals surface area contributed by atoms with E-state index in [9.17, 15) is 18.0 Å². The van der Waals surface area contributed by atoms with Crippen LogP contribution in [0.3, 0.4) is 0 Å². The lowest BCUT2D eigenvalue weighted by Gasteiger charge is -2.12. The maximum Gasteiger partial charge on any atom is 0.419 e. The van der Waals surface area contributed by atoms with Crippen molar-refractivity contribution in [1.82, 2.24) is 10.1 Å². The summed E-state index contributed by atoms with van der Waals surface area (Å²) in [6, 6.07) is 9.23. The van der Waals surface area contributed by atoms with Crippen molar-refractivity contribution in [2.24, 2.45) is 0 Å². The van der Waals surface area contributed by atoms with E-state index in [1.54, 1.807) is 30.3 Å². The van der Waals surface area contributed by atoms with Crippen molar-refractivity contribution in [1.29, 1.82) is 0 Å². The van der Waals surface area contributed by atoms with Crippen molar-refractivity contribution in [2.75, 3.05) is 11.1 Å². The highest BCUT2D eigenvalue weighted by atomic mass is 19.4. The molecule has 0 unspecified atom stereocenters. The summed E-state index contributed by atoms with van der Waals surface area (Å²) in [4.78, 5) is 15.9. The SMILES string of the molecule is CC(C)(C)c1cc(NC(=O)Cc2ccc(-c3cnc(N)c(C(F)(F)F)c3)cc2)no1. The third-order valence-electron chi connectivity index (χ3n) is 4.39. The fourth-order valence-corrected chi connectivity index (χ4v) is 2.74. The molecule has 3 N–H and O–H groups in total. The molecule has 1 amide bonds. The van der Waals surface area contributed by atoms with E-state index in [1.807, 2.05) is 20.8 Å². The Labute approximate surface area is 171 Å². The van der Waals surface area contributed by atoms with Crippen LogP contribution >= 0.6 is 0 Å². The molecule has 2 heterocycles. The Morgan fingerprint density at radius 3 is 2.33 bits per heavy atom. The molecule has 0 aliphatic heterocycles. The maximum absolute atomic E-state index is 13.0. The first-order chi connectivity index (χ1) is 13.9. The van der Waals surface area contributed by atoms with Crippen LogP contribution in [0.2, 0.25) is 0 Å². The number of nitrogens with two attached hydrogens (primary N) is 1. The summed E-state index contributed by atoms with van der Waals surface area (Å²) in [6.07, 6.45) is -3.23. The van der Waals surface area contributed by atoms with Crippen LogP contribution < -0.4 is 11.1 Å². The highest BCUT2D eigenvalue weighted by Gasteiger charge is 2.34. The average molecular weight is 418 g/mol. The van der Waals surface area contributed by atoms with Crippen LogP contribution in [0.15, 0.2) is 47.1 Å².